The molecule has 5 rings (SSSR count). The lowest BCUT2D eigenvalue weighted by molar-refractivity contribution is -0.110. The van der Waals surface area contributed by atoms with E-state index in [1.165, 1.54) is 0 Å². The normalized spacial score (nSPS) is 26.9. The van der Waals surface area contributed by atoms with Gasteiger partial charge in [-0.25, -0.2) is 9.97 Å². The summed E-state index contributed by atoms with van der Waals surface area (Å²) in [5, 5.41) is 12.6. The summed E-state index contributed by atoms with van der Waals surface area (Å²) in [4.78, 5) is 24.2. The highest BCUT2D eigenvalue weighted by molar-refractivity contribution is 5.94. The summed E-state index contributed by atoms with van der Waals surface area (Å²) < 4.78 is 0. The van der Waals surface area contributed by atoms with E-state index in [2.05, 4.69) is 9.97 Å². The molecule has 29 heavy (non-hydrogen) atoms. The smallest absolute Gasteiger partial charge is 0.272 e. The van der Waals surface area contributed by atoms with E-state index in [-0.39, 0.29) is 17.9 Å². The standard InChI is InChI=1S/C24H25N3O2/c28-23(20-13-12-17-7-6-15-25-22(17)26-20)27-16-14-24(29,18-8-2-1-3-9-18)19-10-4-5-11-21(19)27/h1-3,6-9,12-13,15,19,21,29H,4-5,10-11,14,16H2. The molecule has 0 radical (unpaired) electrons. The number of hydrogen-bond acceptors (Lipinski definition) is 4. The van der Waals surface area contributed by atoms with E-state index in [0.717, 1.165) is 36.6 Å². The molecule has 5 heteroatoms. The minimum Gasteiger partial charge on any atom is -0.385 e. The Morgan fingerprint density at radius 3 is 2.72 bits per heavy atom. The minimum atomic E-state index is -0.874. The molecule has 148 valence electrons. The average molecular weight is 387 g/mol. The Balaban J connectivity index is 1.47. The topological polar surface area (TPSA) is 66.3 Å². The van der Waals surface area contributed by atoms with E-state index in [9.17, 15) is 9.90 Å². The summed E-state index contributed by atoms with van der Waals surface area (Å²) in [5.74, 6) is -0.000467. The zero-order valence-electron chi connectivity index (χ0n) is 16.4. The first-order valence-corrected chi connectivity index (χ1v) is 10.5. The second kappa shape index (κ2) is 7.23. The molecule has 1 aromatic carbocycles. The molecule has 3 unspecified atom stereocenters. The number of amides is 1. The summed E-state index contributed by atoms with van der Waals surface area (Å²) in [6.45, 7) is 0.535. The number of benzene rings is 1. The molecule has 1 aliphatic heterocycles. The molecule has 1 N–H and O–H groups in total. The lowest BCUT2D eigenvalue weighted by Crippen LogP contribution is -2.59. The van der Waals surface area contributed by atoms with Gasteiger partial charge in [0.15, 0.2) is 5.65 Å². The molecule has 1 saturated heterocycles. The largest absolute Gasteiger partial charge is 0.385 e. The van der Waals surface area contributed by atoms with Gasteiger partial charge in [-0.15, -0.1) is 0 Å². The second-order valence-corrected chi connectivity index (χ2v) is 8.24. The second-order valence-electron chi connectivity index (χ2n) is 8.24. The Hall–Kier alpha value is -2.79. The zero-order chi connectivity index (χ0) is 19.8. The van der Waals surface area contributed by atoms with E-state index >= 15 is 0 Å². The van der Waals surface area contributed by atoms with E-state index in [1.54, 1.807) is 12.3 Å². The Kier molecular flexibility index (Phi) is 4.55. The van der Waals surface area contributed by atoms with Crippen molar-refractivity contribution in [3.05, 3.63) is 72.1 Å². The Morgan fingerprint density at radius 1 is 1.03 bits per heavy atom. The van der Waals surface area contributed by atoms with Crippen LogP contribution in [0.25, 0.3) is 11.0 Å². The molecule has 2 fully saturated rings. The number of fused-ring (bicyclic) bond motifs is 2. The quantitative estimate of drug-likeness (QED) is 0.724. The summed E-state index contributed by atoms with van der Waals surface area (Å²) >= 11 is 0. The van der Waals surface area contributed by atoms with Gasteiger partial charge >= 0.3 is 0 Å². The molecule has 1 aliphatic carbocycles. The number of carbonyl (C=O) groups is 1. The number of rotatable bonds is 2. The lowest BCUT2D eigenvalue weighted by atomic mass is 9.66. The monoisotopic (exact) mass is 387 g/mol. The minimum absolute atomic E-state index is 0.0384. The molecular weight excluding hydrogens is 362 g/mol. The first-order chi connectivity index (χ1) is 14.2. The van der Waals surface area contributed by atoms with Crippen molar-refractivity contribution in [2.45, 2.75) is 43.7 Å². The molecule has 1 saturated carbocycles. The maximum atomic E-state index is 13.4. The highest BCUT2D eigenvalue weighted by Crippen LogP contribution is 2.47. The van der Waals surface area contributed by atoms with Gasteiger partial charge in [0.05, 0.1) is 5.60 Å². The van der Waals surface area contributed by atoms with Crippen molar-refractivity contribution < 1.29 is 9.90 Å². The molecular formula is C24H25N3O2. The van der Waals surface area contributed by atoms with E-state index in [4.69, 9.17) is 0 Å². The van der Waals surface area contributed by atoms with Gasteiger partial charge < -0.3 is 10.0 Å². The number of pyridine rings is 2. The van der Waals surface area contributed by atoms with Gasteiger partial charge in [-0.1, -0.05) is 43.2 Å². The van der Waals surface area contributed by atoms with Gasteiger partial charge in [0.2, 0.25) is 0 Å². The van der Waals surface area contributed by atoms with E-state index in [0.29, 0.717) is 24.3 Å². The molecule has 3 heterocycles. The van der Waals surface area contributed by atoms with Crippen LogP contribution in [0.2, 0.25) is 0 Å². The van der Waals surface area contributed by atoms with Crippen LogP contribution in [0.15, 0.2) is 60.8 Å². The molecule has 2 aromatic heterocycles. The average Bonchev–Trinajstić information content (AvgIpc) is 2.79. The third-order valence-electron chi connectivity index (χ3n) is 6.69. The number of nitrogens with zero attached hydrogens (tertiary/aromatic N) is 3. The zero-order valence-corrected chi connectivity index (χ0v) is 16.4. The van der Waals surface area contributed by atoms with Crippen molar-refractivity contribution in [2.24, 2.45) is 5.92 Å². The van der Waals surface area contributed by atoms with Crippen LogP contribution in [0.3, 0.4) is 0 Å². The predicted octanol–water partition coefficient (Wildman–Crippen LogP) is 3.92. The van der Waals surface area contributed by atoms with Gasteiger partial charge in [-0.2, -0.15) is 0 Å². The fraction of sp³-hybridized carbons (Fsp3) is 0.375. The maximum Gasteiger partial charge on any atom is 0.272 e. The number of carbonyl (C=O) groups excluding carboxylic acids is 1. The van der Waals surface area contributed by atoms with Crippen LogP contribution < -0.4 is 0 Å². The van der Waals surface area contributed by atoms with Gasteiger partial charge in [0.1, 0.15) is 5.69 Å². The Morgan fingerprint density at radius 2 is 1.86 bits per heavy atom. The molecule has 3 aromatic rings. The summed E-state index contributed by atoms with van der Waals surface area (Å²) in [6, 6.07) is 17.5. The molecule has 1 amide bonds. The first-order valence-electron chi connectivity index (χ1n) is 10.5. The molecule has 0 bridgehead atoms. The number of aromatic nitrogens is 2. The van der Waals surface area contributed by atoms with Crippen molar-refractivity contribution in [3.8, 4) is 0 Å². The number of hydrogen-bond donors (Lipinski definition) is 1. The van der Waals surface area contributed by atoms with Crippen molar-refractivity contribution in [2.75, 3.05) is 6.54 Å². The number of aliphatic hydroxyl groups is 1. The summed E-state index contributed by atoms with van der Waals surface area (Å²) in [5.41, 5.74) is 1.13. The van der Waals surface area contributed by atoms with Crippen LogP contribution in [0, 0.1) is 5.92 Å². The first kappa shape index (κ1) is 18.3. The fourth-order valence-electron chi connectivity index (χ4n) is 5.24. The van der Waals surface area contributed by atoms with Gasteiger partial charge in [0, 0.05) is 30.1 Å². The highest BCUT2D eigenvalue weighted by Gasteiger charge is 2.50. The fourth-order valence-corrected chi connectivity index (χ4v) is 5.24. The van der Waals surface area contributed by atoms with Crippen molar-refractivity contribution in [1.82, 2.24) is 14.9 Å². The van der Waals surface area contributed by atoms with E-state index < -0.39 is 5.60 Å². The van der Waals surface area contributed by atoms with Crippen LogP contribution in [0.4, 0.5) is 0 Å². The Bertz CT molecular complexity index is 1040. The van der Waals surface area contributed by atoms with Crippen LogP contribution in [-0.4, -0.2) is 38.5 Å². The molecule has 5 nitrogen and oxygen atoms in total. The lowest BCUT2D eigenvalue weighted by Gasteiger charge is -2.52. The van der Waals surface area contributed by atoms with Crippen LogP contribution in [0.1, 0.15) is 48.2 Å². The Labute approximate surface area is 170 Å². The van der Waals surface area contributed by atoms with Crippen LogP contribution in [-0.2, 0) is 5.60 Å². The number of piperidine rings is 1. The van der Waals surface area contributed by atoms with Crippen LogP contribution >= 0.6 is 0 Å². The molecule has 0 spiro atoms. The third kappa shape index (κ3) is 3.10. The third-order valence-corrected chi connectivity index (χ3v) is 6.69. The predicted molar refractivity (Wildman–Crippen MR) is 111 cm³/mol. The van der Waals surface area contributed by atoms with Crippen molar-refractivity contribution in [1.29, 1.82) is 0 Å². The summed E-state index contributed by atoms with van der Waals surface area (Å²) in [6.07, 6.45) is 6.29. The highest BCUT2D eigenvalue weighted by atomic mass is 16.3. The maximum absolute atomic E-state index is 13.4. The summed E-state index contributed by atoms with van der Waals surface area (Å²) in [7, 11) is 0. The van der Waals surface area contributed by atoms with Crippen molar-refractivity contribution >= 4 is 16.9 Å². The van der Waals surface area contributed by atoms with Crippen molar-refractivity contribution in [3.63, 3.8) is 0 Å². The number of likely N-dealkylation sites (tertiary alicyclic amines) is 1. The van der Waals surface area contributed by atoms with Crippen LogP contribution in [0.5, 0.6) is 0 Å². The molecule has 3 atom stereocenters. The van der Waals surface area contributed by atoms with Gasteiger partial charge in [0.25, 0.3) is 5.91 Å². The van der Waals surface area contributed by atoms with Gasteiger partial charge in [-0.3, -0.25) is 4.79 Å². The SMILES string of the molecule is O=C(c1ccc2cccnc2n1)N1CCC(O)(c2ccccc2)C2CCCCC21. The van der Waals surface area contributed by atoms with E-state index in [1.807, 2.05) is 53.4 Å². The molecule has 2 aliphatic rings. The van der Waals surface area contributed by atoms with Gasteiger partial charge in [-0.05, 0) is 49.1 Å².